The minimum absolute atomic E-state index is 0.0170. The van der Waals surface area contributed by atoms with E-state index in [9.17, 15) is 18.4 Å². The van der Waals surface area contributed by atoms with E-state index in [1.807, 2.05) is 44.6 Å². The number of carbonyl (C=O) groups excluding carboxylic acids is 2. The fourth-order valence-corrected chi connectivity index (χ4v) is 6.85. The topological polar surface area (TPSA) is 146 Å². The van der Waals surface area contributed by atoms with Crippen LogP contribution in [0.25, 0.3) is 16.9 Å². The third-order valence-electron chi connectivity index (χ3n) is 9.59. The minimum Gasteiger partial charge on any atom is -0.447 e. The van der Waals surface area contributed by atoms with E-state index in [0.29, 0.717) is 22.9 Å². The lowest BCUT2D eigenvalue weighted by Crippen LogP contribution is -2.48. The van der Waals surface area contributed by atoms with Crippen molar-refractivity contribution in [1.82, 2.24) is 34.8 Å². The Labute approximate surface area is 303 Å². The number of alkyl carbamates (subject to hydrolysis) is 1. The summed E-state index contributed by atoms with van der Waals surface area (Å²) in [4.78, 5) is 37.4. The second-order valence-electron chi connectivity index (χ2n) is 15.2. The number of amides is 2. The molecule has 0 spiro atoms. The van der Waals surface area contributed by atoms with Gasteiger partial charge in [-0.2, -0.15) is 10.2 Å². The van der Waals surface area contributed by atoms with Crippen molar-refractivity contribution < 1.29 is 27.5 Å². The molecular formula is C36H39ClF3N9O3. The van der Waals surface area contributed by atoms with Gasteiger partial charge in [0.05, 0.1) is 28.5 Å². The van der Waals surface area contributed by atoms with Crippen LogP contribution in [-0.2, 0) is 15.1 Å². The molecule has 4 aromatic rings. The van der Waals surface area contributed by atoms with E-state index in [1.54, 1.807) is 12.1 Å². The highest BCUT2D eigenvalue weighted by Gasteiger charge is 2.54. The molecule has 0 radical (unpaired) electrons. The smallest absolute Gasteiger partial charge is 0.407 e. The van der Waals surface area contributed by atoms with Crippen LogP contribution < -0.4 is 11.1 Å². The molecule has 3 N–H and O–H groups in total. The summed E-state index contributed by atoms with van der Waals surface area (Å²) in [6, 6.07) is 10.1. The molecule has 7 rings (SSSR count). The van der Waals surface area contributed by atoms with Crippen LogP contribution in [0.15, 0.2) is 60.0 Å². The molecule has 2 aromatic heterocycles. The largest absolute Gasteiger partial charge is 0.447 e. The fourth-order valence-electron chi connectivity index (χ4n) is 6.65. The first-order chi connectivity index (χ1) is 24.6. The molecular weight excluding hydrogens is 699 g/mol. The number of nitrogens with one attached hydrogen (secondary N) is 1. The highest BCUT2D eigenvalue weighted by molar-refractivity contribution is 6.32. The molecule has 2 atom stereocenters. The Balaban J connectivity index is 1.29. The van der Waals surface area contributed by atoms with E-state index < -0.39 is 59.2 Å². The number of carbonyl (C=O) groups is 2. The maximum atomic E-state index is 16.4. The Morgan fingerprint density at radius 1 is 1.15 bits per heavy atom. The molecule has 52 heavy (non-hydrogen) atoms. The Kier molecular flexibility index (Phi) is 8.83. The summed E-state index contributed by atoms with van der Waals surface area (Å²) in [5, 5.41) is 11.4. The van der Waals surface area contributed by atoms with Gasteiger partial charge < -0.3 is 15.8 Å². The highest BCUT2D eigenvalue weighted by atomic mass is 35.5. The van der Waals surface area contributed by atoms with Gasteiger partial charge in [0.1, 0.15) is 18.8 Å². The number of ether oxygens (including phenoxy) is 1. The lowest BCUT2D eigenvalue weighted by Gasteiger charge is -2.35. The van der Waals surface area contributed by atoms with Gasteiger partial charge in [-0.25, -0.2) is 32.6 Å². The predicted octanol–water partition coefficient (Wildman–Crippen LogP) is 7.00. The lowest BCUT2D eigenvalue weighted by atomic mass is 9.75. The van der Waals surface area contributed by atoms with E-state index in [0.717, 1.165) is 36.7 Å². The van der Waals surface area contributed by atoms with E-state index in [-0.39, 0.29) is 28.7 Å². The van der Waals surface area contributed by atoms with Crippen molar-refractivity contribution in [3.05, 3.63) is 82.8 Å². The maximum Gasteiger partial charge on any atom is 0.407 e. The number of guanidine groups is 1. The van der Waals surface area contributed by atoms with Gasteiger partial charge in [-0.3, -0.25) is 14.4 Å². The van der Waals surface area contributed by atoms with Gasteiger partial charge in [0.25, 0.3) is 12.3 Å². The molecule has 2 aromatic carbocycles. The SMILES string of the molecule is CC(C)(C)C[C@]1(c2ccc(-c3ccn(C4CC4)n3)cc2F)N=C(N)N([C@H](COC(=O)NC2(C)CC2)c2ccc(Cl)c(-n3ncnc3C(F)F)c2)C1=O. The van der Waals surface area contributed by atoms with Crippen LogP contribution >= 0.6 is 11.6 Å². The predicted molar refractivity (Wildman–Crippen MR) is 186 cm³/mol. The maximum absolute atomic E-state index is 16.4. The van der Waals surface area contributed by atoms with Crippen LogP contribution in [0.4, 0.5) is 18.0 Å². The third kappa shape index (κ3) is 6.85. The van der Waals surface area contributed by atoms with Crippen LogP contribution in [0, 0.1) is 11.2 Å². The number of nitrogens with two attached hydrogens (primary N) is 1. The zero-order chi connectivity index (χ0) is 37.2. The lowest BCUT2D eigenvalue weighted by molar-refractivity contribution is -0.135. The van der Waals surface area contributed by atoms with Gasteiger partial charge in [0.15, 0.2) is 17.3 Å². The Hall–Kier alpha value is -4.92. The first kappa shape index (κ1) is 35.5. The van der Waals surface area contributed by atoms with Crippen LogP contribution in [0.3, 0.4) is 0 Å². The van der Waals surface area contributed by atoms with Crippen molar-refractivity contribution in [3.8, 4) is 16.9 Å². The number of nitrogens with zero attached hydrogens (tertiary/aromatic N) is 7. The normalized spacial score (nSPS) is 20.3. The zero-order valence-electron chi connectivity index (χ0n) is 29.1. The van der Waals surface area contributed by atoms with Gasteiger partial charge in [-0.05, 0) is 74.3 Å². The van der Waals surface area contributed by atoms with E-state index in [1.165, 1.54) is 29.2 Å². The van der Waals surface area contributed by atoms with Gasteiger partial charge in [0.2, 0.25) is 0 Å². The summed E-state index contributed by atoms with van der Waals surface area (Å²) in [7, 11) is 0. The standard InChI is InChI=1S/C36H39ClF3N9O3/c1-34(2,3)18-36(23-9-5-20(15-25(23)38)26-11-14-47(46-26)22-7-8-22)31(50)48(32(41)44-36)28(17-52-33(51)45-35(4)12-13-35)21-6-10-24(37)27(16-21)49-30(29(39)40)42-19-43-49/h5-6,9-11,14-16,19,22,28-29H,7-8,12-13,17-18H2,1-4H3,(H2,41,44)(H,45,51)/t28-,36-/m1/s1. The highest BCUT2D eigenvalue weighted by Crippen LogP contribution is 2.46. The number of hydrogen-bond donors (Lipinski definition) is 2. The average Bonchev–Trinajstić information content (AvgIpc) is 3.89. The molecule has 2 fully saturated rings. The van der Waals surface area contributed by atoms with E-state index in [4.69, 9.17) is 27.1 Å². The molecule has 3 aliphatic rings. The molecule has 2 amide bonds. The first-order valence-corrected chi connectivity index (χ1v) is 17.4. The number of aliphatic imine (C=N–C) groups is 1. The summed E-state index contributed by atoms with van der Waals surface area (Å²) < 4.78 is 52.6. The summed E-state index contributed by atoms with van der Waals surface area (Å²) in [5.41, 5.74) is 5.35. The van der Waals surface area contributed by atoms with Gasteiger partial charge in [-0.15, -0.1) is 0 Å². The number of aromatic nitrogens is 5. The molecule has 2 aliphatic carbocycles. The molecule has 0 saturated heterocycles. The van der Waals surface area contributed by atoms with Crippen LogP contribution in [0.2, 0.25) is 5.02 Å². The van der Waals surface area contributed by atoms with Crippen molar-refractivity contribution in [3.63, 3.8) is 0 Å². The second kappa shape index (κ2) is 12.9. The molecule has 16 heteroatoms. The van der Waals surface area contributed by atoms with E-state index in [2.05, 4.69) is 20.5 Å². The van der Waals surface area contributed by atoms with Gasteiger partial charge in [-0.1, -0.05) is 50.6 Å². The Morgan fingerprint density at radius 2 is 1.90 bits per heavy atom. The molecule has 12 nitrogen and oxygen atoms in total. The molecule has 3 heterocycles. The molecule has 0 bridgehead atoms. The summed E-state index contributed by atoms with van der Waals surface area (Å²) in [6.07, 6.45) is 2.88. The van der Waals surface area contributed by atoms with Crippen molar-refractivity contribution in [2.24, 2.45) is 16.1 Å². The van der Waals surface area contributed by atoms with Crippen molar-refractivity contribution in [1.29, 1.82) is 0 Å². The number of halogens is 4. The second-order valence-corrected chi connectivity index (χ2v) is 15.6. The Morgan fingerprint density at radius 3 is 2.56 bits per heavy atom. The molecule has 2 saturated carbocycles. The van der Waals surface area contributed by atoms with Crippen molar-refractivity contribution in [2.75, 3.05) is 6.61 Å². The fraction of sp³-hybridized carbons (Fsp3) is 0.444. The molecule has 1 aliphatic heterocycles. The third-order valence-corrected chi connectivity index (χ3v) is 9.91. The molecule has 274 valence electrons. The van der Waals surface area contributed by atoms with Gasteiger partial charge in [0, 0.05) is 22.9 Å². The number of rotatable bonds is 11. The monoisotopic (exact) mass is 737 g/mol. The summed E-state index contributed by atoms with van der Waals surface area (Å²) in [6.45, 7) is 7.17. The number of alkyl halides is 2. The van der Waals surface area contributed by atoms with Crippen LogP contribution in [-0.4, -0.2) is 59.6 Å². The first-order valence-electron chi connectivity index (χ1n) is 17.0. The summed E-state index contributed by atoms with van der Waals surface area (Å²) >= 11 is 6.48. The minimum atomic E-state index is -2.97. The zero-order valence-corrected chi connectivity index (χ0v) is 29.9. The quantitative estimate of drug-likeness (QED) is 0.169. The van der Waals surface area contributed by atoms with Crippen molar-refractivity contribution in [2.45, 2.75) is 89.4 Å². The van der Waals surface area contributed by atoms with Crippen LogP contribution in [0.5, 0.6) is 0 Å². The van der Waals surface area contributed by atoms with Crippen LogP contribution in [0.1, 0.15) is 95.3 Å². The number of hydrogen-bond acceptors (Lipinski definition) is 8. The van der Waals surface area contributed by atoms with Gasteiger partial charge >= 0.3 is 6.09 Å². The Bertz CT molecular complexity index is 2070. The van der Waals surface area contributed by atoms with E-state index >= 15 is 4.39 Å². The molecule has 0 unspecified atom stereocenters. The average molecular weight is 738 g/mol. The number of benzene rings is 2. The van der Waals surface area contributed by atoms with Crippen molar-refractivity contribution >= 4 is 29.6 Å². The summed E-state index contributed by atoms with van der Waals surface area (Å²) in [5.74, 6) is -2.21.